The Balaban J connectivity index is 1.89. The van der Waals surface area contributed by atoms with Gasteiger partial charge in [0.1, 0.15) is 0 Å². The van der Waals surface area contributed by atoms with Crippen molar-refractivity contribution < 1.29 is 9.90 Å². The minimum absolute atomic E-state index is 0.0143. The number of aliphatic hydroxyl groups excluding tert-OH is 1. The molecule has 6 nitrogen and oxygen atoms in total. The Morgan fingerprint density at radius 2 is 2.10 bits per heavy atom. The number of aliphatic hydroxyl groups is 1. The fourth-order valence-corrected chi connectivity index (χ4v) is 1.90. The van der Waals surface area contributed by atoms with Crippen LogP contribution in [0.3, 0.4) is 0 Å². The van der Waals surface area contributed by atoms with Crippen LogP contribution in [-0.4, -0.2) is 27.9 Å². The molecule has 0 aliphatic rings. The smallest absolute Gasteiger partial charge is 0.315 e. The third-order valence-electron chi connectivity index (χ3n) is 2.92. The first-order valence-corrected chi connectivity index (χ1v) is 6.48. The average molecular weight is 274 g/mol. The highest BCUT2D eigenvalue weighted by molar-refractivity contribution is 5.74. The minimum atomic E-state index is -0.276. The molecule has 1 aromatic carbocycles. The lowest BCUT2D eigenvalue weighted by Gasteiger charge is -2.18. The van der Waals surface area contributed by atoms with Gasteiger partial charge in [-0.05, 0) is 18.1 Å². The second kappa shape index (κ2) is 7.30. The Morgan fingerprint density at radius 3 is 2.75 bits per heavy atom. The average Bonchev–Trinajstić information content (AvgIpc) is 2.99. The number of aromatic nitrogens is 2. The van der Waals surface area contributed by atoms with E-state index in [0.29, 0.717) is 13.0 Å². The zero-order valence-corrected chi connectivity index (χ0v) is 11.0. The largest absolute Gasteiger partial charge is 0.396 e. The van der Waals surface area contributed by atoms with Crippen molar-refractivity contribution in [2.24, 2.45) is 0 Å². The lowest BCUT2D eigenvalue weighted by Crippen LogP contribution is -2.38. The highest BCUT2D eigenvalue weighted by atomic mass is 16.3. The van der Waals surface area contributed by atoms with E-state index in [9.17, 15) is 4.79 Å². The number of nitrogens with zero attached hydrogens (tertiary/aromatic N) is 1. The number of urea groups is 1. The highest BCUT2D eigenvalue weighted by Gasteiger charge is 2.13. The van der Waals surface area contributed by atoms with E-state index in [1.54, 1.807) is 12.3 Å². The van der Waals surface area contributed by atoms with Crippen molar-refractivity contribution in [3.8, 4) is 0 Å². The van der Waals surface area contributed by atoms with Crippen molar-refractivity contribution >= 4 is 6.03 Å². The van der Waals surface area contributed by atoms with Gasteiger partial charge in [0.15, 0.2) is 0 Å². The summed E-state index contributed by atoms with van der Waals surface area (Å²) in [5.41, 5.74) is 1.80. The quantitative estimate of drug-likeness (QED) is 0.640. The van der Waals surface area contributed by atoms with Crippen LogP contribution in [0.4, 0.5) is 4.79 Å². The summed E-state index contributed by atoms with van der Waals surface area (Å²) in [6.07, 6.45) is 2.11. The molecular weight excluding hydrogens is 256 g/mol. The summed E-state index contributed by atoms with van der Waals surface area (Å²) >= 11 is 0. The van der Waals surface area contributed by atoms with Gasteiger partial charge in [-0.25, -0.2) is 4.79 Å². The number of amides is 2. The first-order chi connectivity index (χ1) is 9.79. The summed E-state index contributed by atoms with van der Waals surface area (Å²) in [4.78, 5) is 11.9. The van der Waals surface area contributed by atoms with E-state index in [0.717, 1.165) is 11.3 Å². The zero-order chi connectivity index (χ0) is 14.2. The molecule has 1 heterocycles. The zero-order valence-electron chi connectivity index (χ0n) is 11.0. The molecule has 0 bridgehead atoms. The van der Waals surface area contributed by atoms with E-state index in [-0.39, 0.29) is 18.7 Å². The summed E-state index contributed by atoms with van der Waals surface area (Å²) in [5, 5.41) is 21.3. The Kier molecular flexibility index (Phi) is 5.14. The number of aromatic amines is 1. The highest BCUT2D eigenvalue weighted by Crippen LogP contribution is 2.15. The van der Waals surface area contributed by atoms with Crippen LogP contribution in [0.25, 0.3) is 0 Å². The second-order valence-electron chi connectivity index (χ2n) is 4.38. The van der Waals surface area contributed by atoms with Crippen LogP contribution in [0.1, 0.15) is 23.7 Å². The van der Waals surface area contributed by atoms with Crippen LogP contribution in [0.5, 0.6) is 0 Å². The van der Waals surface area contributed by atoms with Crippen molar-refractivity contribution in [1.29, 1.82) is 0 Å². The van der Waals surface area contributed by atoms with E-state index < -0.39 is 0 Å². The van der Waals surface area contributed by atoms with Gasteiger partial charge in [0.05, 0.1) is 18.3 Å². The van der Waals surface area contributed by atoms with E-state index in [1.807, 2.05) is 30.3 Å². The maximum Gasteiger partial charge on any atom is 0.315 e. The van der Waals surface area contributed by atoms with Crippen molar-refractivity contribution in [1.82, 2.24) is 20.8 Å². The molecule has 0 saturated carbocycles. The van der Waals surface area contributed by atoms with E-state index >= 15 is 0 Å². The Labute approximate surface area is 117 Å². The monoisotopic (exact) mass is 274 g/mol. The molecule has 0 spiro atoms. The molecule has 6 heteroatoms. The molecule has 0 fully saturated rings. The predicted octanol–water partition coefficient (Wildman–Crippen LogP) is 1.33. The predicted molar refractivity (Wildman–Crippen MR) is 74.8 cm³/mol. The normalized spacial score (nSPS) is 11.8. The molecular formula is C14H18N4O2. The Bertz CT molecular complexity index is 513. The SMILES string of the molecule is O=C(NCc1ccn[nH]1)N[C@H](CCO)c1ccccc1. The summed E-state index contributed by atoms with van der Waals surface area (Å²) < 4.78 is 0. The van der Waals surface area contributed by atoms with Crippen LogP contribution in [-0.2, 0) is 6.54 Å². The summed E-state index contributed by atoms with van der Waals surface area (Å²) in [7, 11) is 0. The molecule has 0 unspecified atom stereocenters. The van der Waals surface area contributed by atoms with Gasteiger partial charge < -0.3 is 15.7 Å². The molecule has 0 radical (unpaired) electrons. The topological polar surface area (TPSA) is 90.0 Å². The molecule has 106 valence electrons. The van der Waals surface area contributed by atoms with Crippen molar-refractivity contribution in [2.45, 2.75) is 19.0 Å². The van der Waals surface area contributed by atoms with Crippen LogP contribution in [0.2, 0.25) is 0 Å². The third kappa shape index (κ3) is 4.10. The number of hydrogen-bond donors (Lipinski definition) is 4. The number of rotatable bonds is 6. The molecule has 2 aromatic rings. The van der Waals surface area contributed by atoms with Crippen molar-refractivity contribution in [3.63, 3.8) is 0 Å². The van der Waals surface area contributed by atoms with Gasteiger partial charge in [-0.3, -0.25) is 5.10 Å². The number of hydrogen-bond acceptors (Lipinski definition) is 3. The van der Waals surface area contributed by atoms with E-state index in [2.05, 4.69) is 20.8 Å². The molecule has 1 atom stereocenters. The molecule has 1 aromatic heterocycles. The third-order valence-corrected chi connectivity index (χ3v) is 2.92. The minimum Gasteiger partial charge on any atom is -0.396 e. The van der Waals surface area contributed by atoms with E-state index in [1.165, 1.54) is 0 Å². The molecule has 0 aliphatic carbocycles. The molecule has 2 rings (SSSR count). The molecule has 4 N–H and O–H groups in total. The van der Waals surface area contributed by atoms with Gasteiger partial charge in [-0.15, -0.1) is 0 Å². The van der Waals surface area contributed by atoms with Crippen LogP contribution in [0.15, 0.2) is 42.6 Å². The molecule has 2 amide bonds. The number of nitrogens with one attached hydrogen (secondary N) is 3. The van der Waals surface area contributed by atoms with Gasteiger partial charge in [0, 0.05) is 12.8 Å². The van der Waals surface area contributed by atoms with Crippen LogP contribution < -0.4 is 10.6 Å². The first-order valence-electron chi connectivity index (χ1n) is 6.48. The van der Waals surface area contributed by atoms with Crippen molar-refractivity contribution in [2.75, 3.05) is 6.61 Å². The summed E-state index contributed by atoms with van der Waals surface area (Å²) in [5.74, 6) is 0. The van der Waals surface area contributed by atoms with Gasteiger partial charge in [-0.2, -0.15) is 5.10 Å². The maximum atomic E-state index is 11.9. The lowest BCUT2D eigenvalue weighted by atomic mass is 10.0. The fourth-order valence-electron chi connectivity index (χ4n) is 1.90. The van der Waals surface area contributed by atoms with Gasteiger partial charge in [0.2, 0.25) is 0 Å². The summed E-state index contributed by atoms with van der Waals surface area (Å²) in [6.45, 7) is 0.396. The van der Waals surface area contributed by atoms with Crippen molar-refractivity contribution in [3.05, 3.63) is 53.9 Å². The summed E-state index contributed by atoms with van der Waals surface area (Å²) in [6, 6.07) is 10.9. The Hall–Kier alpha value is -2.34. The first kappa shape index (κ1) is 14.1. The number of carbonyl (C=O) groups is 1. The molecule has 0 aliphatic heterocycles. The maximum absolute atomic E-state index is 11.9. The molecule has 0 saturated heterocycles. The number of carbonyl (C=O) groups excluding carboxylic acids is 1. The number of H-pyrrole nitrogens is 1. The lowest BCUT2D eigenvalue weighted by molar-refractivity contribution is 0.228. The number of benzene rings is 1. The van der Waals surface area contributed by atoms with Gasteiger partial charge in [0.25, 0.3) is 0 Å². The van der Waals surface area contributed by atoms with Crippen LogP contribution in [0, 0.1) is 0 Å². The van der Waals surface area contributed by atoms with Gasteiger partial charge >= 0.3 is 6.03 Å². The fraction of sp³-hybridized carbons (Fsp3) is 0.286. The Morgan fingerprint density at radius 1 is 1.30 bits per heavy atom. The molecule has 20 heavy (non-hydrogen) atoms. The second-order valence-corrected chi connectivity index (χ2v) is 4.38. The van der Waals surface area contributed by atoms with Gasteiger partial charge in [-0.1, -0.05) is 30.3 Å². The van der Waals surface area contributed by atoms with E-state index in [4.69, 9.17) is 5.11 Å². The van der Waals surface area contributed by atoms with Crippen LogP contribution >= 0.6 is 0 Å². The standard InChI is InChI=1S/C14H18N4O2/c19-9-7-13(11-4-2-1-3-5-11)17-14(20)15-10-12-6-8-16-18-12/h1-6,8,13,19H,7,9-10H2,(H,16,18)(H2,15,17,20)/t13-/m1/s1.